The maximum absolute atomic E-state index is 2.76. The van der Waals surface area contributed by atoms with Crippen molar-refractivity contribution in [3.63, 3.8) is 0 Å². The van der Waals surface area contributed by atoms with Crippen molar-refractivity contribution >= 4 is 88.2 Å². The Morgan fingerprint density at radius 2 is 1.18 bits per heavy atom. The highest BCUT2D eigenvalue weighted by Gasteiger charge is 2.47. The predicted molar refractivity (Wildman–Crippen MR) is 269 cm³/mol. The van der Waals surface area contributed by atoms with Crippen molar-refractivity contribution in [3.05, 3.63) is 150 Å². The van der Waals surface area contributed by atoms with Gasteiger partial charge in [0, 0.05) is 53.6 Å². The summed E-state index contributed by atoms with van der Waals surface area (Å²) >= 11 is 2.05. The van der Waals surface area contributed by atoms with E-state index in [1.165, 1.54) is 140 Å². The highest BCUT2D eigenvalue weighted by molar-refractivity contribution is 7.32. The van der Waals surface area contributed by atoms with Gasteiger partial charge in [-0.25, -0.2) is 0 Å². The van der Waals surface area contributed by atoms with E-state index in [1.807, 2.05) is 0 Å². The number of aromatic nitrogens is 1. The van der Waals surface area contributed by atoms with Crippen molar-refractivity contribution in [1.29, 1.82) is 0 Å². The van der Waals surface area contributed by atoms with Gasteiger partial charge in [-0.3, -0.25) is 0 Å². The Bertz CT molecular complexity index is 3430. The number of anilines is 3. The summed E-state index contributed by atoms with van der Waals surface area (Å²) in [5.41, 5.74) is 19.7. The van der Waals surface area contributed by atoms with Crippen LogP contribution in [0.25, 0.3) is 64.9 Å². The Morgan fingerprint density at radius 1 is 0.516 bits per heavy atom. The second-order valence-electron chi connectivity index (χ2n) is 21.8. The number of nitrogens with zero attached hydrogens (tertiary/aromatic N) is 2. The third-order valence-corrected chi connectivity index (χ3v) is 17.5. The van der Waals surface area contributed by atoms with Gasteiger partial charge in [0.2, 0.25) is 0 Å². The summed E-state index contributed by atoms with van der Waals surface area (Å²) in [5.74, 6) is 0. The summed E-state index contributed by atoms with van der Waals surface area (Å²) in [7, 11) is 0. The van der Waals surface area contributed by atoms with Gasteiger partial charge in [-0.1, -0.05) is 140 Å². The number of rotatable bonds is 2. The van der Waals surface area contributed by atoms with Crippen LogP contribution < -0.4 is 15.1 Å². The van der Waals surface area contributed by atoms with Gasteiger partial charge in [-0.05, 0) is 145 Å². The van der Waals surface area contributed by atoms with Crippen LogP contribution >= 0.6 is 11.3 Å². The largest absolute Gasteiger partial charge is 0.375 e. The first-order valence-corrected chi connectivity index (χ1v) is 23.8. The number of thiophene rings is 1. The van der Waals surface area contributed by atoms with Gasteiger partial charge in [0.05, 0.1) is 5.69 Å². The van der Waals surface area contributed by atoms with E-state index in [2.05, 4.69) is 203 Å². The van der Waals surface area contributed by atoms with Crippen LogP contribution in [0.3, 0.4) is 0 Å². The maximum atomic E-state index is 2.76. The second-order valence-corrected chi connectivity index (χ2v) is 22.9. The summed E-state index contributed by atoms with van der Waals surface area (Å²) in [5, 5.41) is 6.71. The highest BCUT2D eigenvalue weighted by atomic mass is 32.1. The molecular formula is C58H53BN2S. The van der Waals surface area contributed by atoms with E-state index in [1.54, 1.807) is 0 Å². The normalized spacial score (nSPS) is 18.5. The third-order valence-electron chi connectivity index (χ3n) is 16.3. The van der Waals surface area contributed by atoms with Crippen LogP contribution in [-0.2, 0) is 21.7 Å². The molecule has 0 spiro atoms. The Labute approximate surface area is 370 Å². The van der Waals surface area contributed by atoms with Crippen molar-refractivity contribution in [2.24, 2.45) is 0 Å². The fourth-order valence-corrected chi connectivity index (χ4v) is 13.9. The molecule has 0 atom stereocenters. The molecule has 9 aromatic rings. The molecule has 0 bridgehead atoms. The molecule has 0 radical (unpaired) electrons. The molecule has 2 aromatic heterocycles. The first-order chi connectivity index (χ1) is 29.7. The van der Waals surface area contributed by atoms with E-state index in [-0.39, 0.29) is 28.5 Å². The van der Waals surface area contributed by atoms with Crippen LogP contribution in [0.15, 0.2) is 127 Å². The van der Waals surface area contributed by atoms with Crippen molar-refractivity contribution in [2.45, 2.75) is 103 Å². The van der Waals surface area contributed by atoms with Gasteiger partial charge >= 0.3 is 6.85 Å². The lowest BCUT2D eigenvalue weighted by Crippen LogP contribution is -2.55. The quantitative estimate of drug-likeness (QED) is 0.158. The zero-order valence-electron chi connectivity index (χ0n) is 37.3. The van der Waals surface area contributed by atoms with E-state index in [9.17, 15) is 0 Å². The summed E-state index contributed by atoms with van der Waals surface area (Å²) in [6.07, 6.45) is 4.78. The molecule has 2 nitrogen and oxygen atoms in total. The number of fused-ring (bicyclic) bond motifs is 13. The monoisotopic (exact) mass is 820 g/mol. The first-order valence-electron chi connectivity index (χ1n) is 23.0. The SMILES string of the molecule is CC1(C)CCC(C)(C)c2cc(N3c4cc(-c5ccccc5)cc5c4B(c4sc6cc7c(cc6c43)C(C)(C)CCC7(C)C)n3c4ccc6ccccc6c4c4cccc-5c43)ccc21. The highest BCUT2D eigenvalue weighted by Crippen LogP contribution is 2.55. The van der Waals surface area contributed by atoms with Gasteiger partial charge in [-0.15, -0.1) is 11.3 Å². The third kappa shape index (κ3) is 4.83. The van der Waals surface area contributed by atoms with Crippen molar-refractivity contribution in [3.8, 4) is 22.3 Å². The number of hydrogen-bond acceptors (Lipinski definition) is 2. The smallest absolute Gasteiger partial charge is 0.343 e. The summed E-state index contributed by atoms with van der Waals surface area (Å²) in [4.78, 5) is 2.73. The fourth-order valence-electron chi connectivity index (χ4n) is 12.5. The summed E-state index contributed by atoms with van der Waals surface area (Å²) in [6, 6.07) is 49.8. The first kappa shape index (κ1) is 37.0. The molecule has 0 N–H and O–H groups in total. The van der Waals surface area contributed by atoms with E-state index < -0.39 is 0 Å². The molecule has 2 aliphatic carbocycles. The number of hydrogen-bond donors (Lipinski definition) is 0. The average Bonchev–Trinajstić information content (AvgIpc) is 3.82. The Balaban J connectivity index is 1.21. The van der Waals surface area contributed by atoms with Gasteiger partial charge in [-0.2, -0.15) is 0 Å². The molecule has 62 heavy (non-hydrogen) atoms. The number of benzene rings is 7. The summed E-state index contributed by atoms with van der Waals surface area (Å²) in [6.45, 7) is 19.8. The number of para-hydroxylation sites is 1. The van der Waals surface area contributed by atoms with Crippen LogP contribution in [0.5, 0.6) is 0 Å². The molecule has 304 valence electrons. The molecule has 2 aliphatic heterocycles. The predicted octanol–water partition coefficient (Wildman–Crippen LogP) is 14.9. The maximum Gasteiger partial charge on any atom is 0.343 e. The lowest BCUT2D eigenvalue weighted by atomic mass is 9.48. The van der Waals surface area contributed by atoms with Crippen LogP contribution in [0.2, 0.25) is 0 Å². The molecule has 0 fully saturated rings. The lowest BCUT2D eigenvalue weighted by Gasteiger charge is -2.44. The van der Waals surface area contributed by atoms with Crippen LogP contribution in [0, 0.1) is 0 Å². The second kappa shape index (κ2) is 12.1. The Morgan fingerprint density at radius 3 is 1.94 bits per heavy atom. The molecule has 0 saturated heterocycles. The van der Waals surface area contributed by atoms with Crippen LogP contribution in [0.1, 0.15) is 103 Å². The van der Waals surface area contributed by atoms with Gasteiger partial charge in [0.15, 0.2) is 0 Å². The molecule has 4 aliphatic rings. The zero-order chi connectivity index (χ0) is 42.2. The minimum absolute atomic E-state index is 0.00980. The van der Waals surface area contributed by atoms with Crippen molar-refractivity contribution < 1.29 is 0 Å². The summed E-state index contributed by atoms with van der Waals surface area (Å²) < 4.78 is 5.61. The van der Waals surface area contributed by atoms with Gasteiger partial charge < -0.3 is 9.38 Å². The van der Waals surface area contributed by atoms with Crippen LogP contribution in [-0.4, -0.2) is 11.3 Å². The van der Waals surface area contributed by atoms with E-state index >= 15 is 0 Å². The fraction of sp³-hybridized carbons (Fsp3) is 0.276. The van der Waals surface area contributed by atoms with E-state index in [0.29, 0.717) is 0 Å². The molecule has 0 unspecified atom stereocenters. The molecule has 4 heteroatoms. The molecule has 0 amide bonds. The van der Waals surface area contributed by atoms with E-state index in [0.717, 1.165) is 0 Å². The van der Waals surface area contributed by atoms with Crippen molar-refractivity contribution in [1.82, 2.24) is 4.48 Å². The molecule has 13 rings (SSSR count). The molecule has 7 aromatic carbocycles. The van der Waals surface area contributed by atoms with Gasteiger partial charge in [0.1, 0.15) is 0 Å². The zero-order valence-corrected chi connectivity index (χ0v) is 38.1. The van der Waals surface area contributed by atoms with Crippen molar-refractivity contribution in [2.75, 3.05) is 4.90 Å². The van der Waals surface area contributed by atoms with E-state index in [4.69, 9.17) is 0 Å². The standard InChI is InChI=1S/C58H53BN2S/c1-55(2)25-26-56(3,4)44-31-37(22-23-43(44)55)60-48-30-36(34-15-10-9-11-16-34)29-41-39-19-14-20-40-50-38-18-13-12-17-35(38)21-24-47(50)61(52(39)40)59(51(41)48)54-53(60)42-32-45-46(33-49(42)62-54)58(7,8)28-27-57(45,5)6/h9-24,29-33H,25-28H2,1-8H3. The molecule has 0 saturated carbocycles. The molecular weight excluding hydrogens is 768 g/mol. The van der Waals surface area contributed by atoms with Crippen LogP contribution in [0.4, 0.5) is 17.1 Å². The minimum Gasteiger partial charge on any atom is -0.375 e. The van der Waals surface area contributed by atoms with Gasteiger partial charge in [0.25, 0.3) is 0 Å². The minimum atomic E-state index is 0.00980. The lowest BCUT2D eigenvalue weighted by molar-refractivity contribution is 0.332. The Kier molecular flexibility index (Phi) is 7.23. The average molecular weight is 821 g/mol. The molecule has 4 heterocycles. The topological polar surface area (TPSA) is 8.17 Å². The Hall–Kier alpha value is -5.58.